The molecular weight excluding hydrogens is 1200 g/mol. The molecule has 0 atom stereocenters. The van der Waals surface area contributed by atoms with E-state index in [2.05, 4.69) is 68.9 Å². The molecular formula is C92H69BN6. The van der Waals surface area contributed by atoms with Crippen LogP contribution in [0.1, 0.15) is 81.5 Å². The third-order valence-corrected chi connectivity index (χ3v) is 20.0. The lowest BCUT2D eigenvalue weighted by atomic mass is 9.33. The Morgan fingerprint density at radius 3 is 1.13 bits per heavy atom. The van der Waals surface area contributed by atoms with Crippen LogP contribution in [0, 0.1) is 0 Å². The molecule has 0 fully saturated rings. The SMILES string of the molecule is [2H]c1cc(-n2c3c([2H])c([2H])c([2H])c([2H])c3c3c([2H])c([2H])c([2H])c([2H])c32)c([2H])c2c1B1c3c(cc(-c4cc(C(C)(C)C)cc(C(C)(C)C)c4)cc3N(c3cccc4c3c3ccccc3n4-c3ccccc3)c3c([2H])c(-n4c5c([2H])c([2H])c([2H])c([2H])c5c5c([2H])c([2H])c([2H])c([2H])c54)c([2H])c([2H])c31)N2c1cccc2c1c1ccccc1n2-c1ccccc1. The number of hydrogen-bond donors (Lipinski definition) is 0. The normalized spacial score (nSPS) is 16.1. The van der Waals surface area contributed by atoms with Crippen LogP contribution in [-0.4, -0.2) is 25.0 Å². The summed E-state index contributed by atoms with van der Waals surface area (Å²) in [5.74, 6) is 0. The first-order valence-corrected chi connectivity index (χ1v) is 33.1. The molecule has 0 spiro atoms. The van der Waals surface area contributed by atoms with E-state index in [1.165, 1.54) is 10.6 Å². The van der Waals surface area contributed by atoms with Crippen molar-refractivity contribution in [2.75, 3.05) is 9.80 Å². The van der Waals surface area contributed by atoms with E-state index in [1.54, 1.807) is 0 Å². The minimum Gasteiger partial charge on any atom is -0.311 e. The van der Waals surface area contributed by atoms with Crippen molar-refractivity contribution in [3.63, 3.8) is 0 Å². The van der Waals surface area contributed by atoms with Crippen molar-refractivity contribution >= 4 is 144 Å². The molecule has 0 N–H and O–H groups in total. The first-order chi connectivity index (χ1) is 57.2. The van der Waals surface area contributed by atoms with Crippen LogP contribution in [0.2, 0.25) is 0 Å². The van der Waals surface area contributed by atoms with Gasteiger partial charge < -0.3 is 28.1 Å². The zero-order valence-electron chi connectivity index (χ0n) is 75.6. The van der Waals surface area contributed by atoms with Gasteiger partial charge in [0.1, 0.15) is 0 Å². The van der Waals surface area contributed by atoms with Crippen LogP contribution in [0.4, 0.5) is 34.1 Å². The van der Waals surface area contributed by atoms with Crippen molar-refractivity contribution in [1.82, 2.24) is 18.3 Å². The lowest BCUT2D eigenvalue weighted by Gasteiger charge is -2.45. The van der Waals surface area contributed by atoms with Crippen LogP contribution >= 0.6 is 0 Å². The fourth-order valence-electron chi connectivity index (χ4n) is 15.5. The largest absolute Gasteiger partial charge is 0.311 e. The van der Waals surface area contributed by atoms with Gasteiger partial charge in [0, 0.05) is 88.6 Å². The lowest BCUT2D eigenvalue weighted by Crippen LogP contribution is -2.61. The van der Waals surface area contributed by atoms with E-state index in [0.29, 0.717) is 55.6 Å². The summed E-state index contributed by atoms with van der Waals surface area (Å²) in [6.07, 6.45) is 0. The minimum atomic E-state index is -1.51. The molecule has 0 unspecified atom stereocenters. The van der Waals surface area contributed by atoms with Gasteiger partial charge in [0.2, 0.25) is 0 Å². The second-order valence-electron chi connectivity index (χ2n) is 27.7. The van der Waals surface area contributed by atoms with Crippen molar-refractivity contribution < 1.29 is 28.8 Å². The molecule has 0 saturated heterocycles. The smallest absolute Gasteiger partial charge is 0.252 e. The summed E-state index contributed by atoms with van der Waals surface area (Å²) in [7, 11) is 0. The Morgan fingerprint density at radius 1 is 0.283 bits per heavy atom. The maximum atomic E-state index is 11.6. The van der Waals surface area contributed by atoms with Gasteiger partial charge in [-0.15, -0.1) is 0 Å². The molecule has 14 aromatic carbocycles. The maximum Gasteiger partial charge on any atom is 0.252 e. The number of anilines is 6. The number of fused-ring (bicyclic) bond motifs is 16. The fourth-order valence-corrected chi connectivity index (χ4v) is 15.5. The van der Waals surface area contributed by atoms with Crippen molar-refractivity contribution in [2.45, 2.75) is 52.4 Å². The Bertz CT molecular complexity index is 7520. The highest BCUT2D eigenvalue weighted by molar-refractivity contribution is 7.00. The van der Waals surface area contributed by atoms with Crippen molar-refractivity contribution in [3.05, 3.63) is 320 Å². The molecule has 4 aromatic heterocycles. The summed E-state index contributed by atoms with van der Waals surface area (Å²) < 4.78 is 215. The molecule has 6 nitrogen and oxygen atoms in total. The first-order valence-electron chi connectivity index (χ1n) is 43.6. The summed E-state index contributed by atoms with van der Waals surface area (Å²) in [6, 6.07) is 45.1. The monoisotopic (exact) mass is 1290 g/mol. The van der Waals surface area contributed by atoms with Crippen LogP contribution in [0.5, 0.6) is 0 Å². The molecule has 20 rings (SSSR count). The Labute approximate surface area is 605 Å². The maximum absolute atomic E-state index is 11.6. The number of hydrogen-bond acceptors (Lipinski definition) is 2. The van der Waals surface area contributed by atoms with Crippen LogP contribution < -0.4 is 26.2 Å². The van der Waals surface area contributed by atoms with Crippen molar-refractivity contribution in [1.29, 1.82) is 0 Å². The van der Waals surface area contributed by atoms with Crippen LogP contribution in [-0.2, 0) is 10.8 Å². The lowest BCUT2D eigenvalue weighted by molar-refractivity contribution is 0.569. The average molecular weight is 1290 g/mol. The summed E-state index contributed by atoms with van der Waals surface area (Å²) in [4.78, 5) is 3.81. The molecule has 0 radical (unpaired) electrons. The molecule has 470 valence electrons. The number of benzene rings is 14. The second kappa shape index (κ2) is 21.2. The molecule has 18 aromatic rings. The van der Waals surface area contributed by atoms with E-state index < -0.39 is 155 Å². The van der Waals surface area contributed by atoms with Gasteiger partial charge in [0.05, 0.1) is 84.3 Å². The summed E-state index contributed by atoms with van der Waals surface area (Å²) in [6.45, 7) is 11.3. The number of para-hydroxylation sites is 8. The Hall–Kier alpha value is -12.1. The van der Waals surface area contributed by atoms with E-state index in [0.717, 1.165) is 54.4 Å². The molecule has 0 amide bonds. The van der Waals surface area contributed by atoms with Gasteiger partial charge in [-0.05, 0) is 171 Å². The molecule has 0 aliphatic carbocycles. The number of nitrogens with zero attached hydrogens (tertiary/aromatic N) is 6. The second-order valence-corrected chi connectivity index (χ2v) is 27.7. The fraction of sp³-hybridized carbons (Fsp3) is 0.0870. The zero-order valence-corrected chi connectivity index (χ0v) is 54.6. The molecule has 7 heteroatoms. The van der Waals surface area contributed by atoms with Gasteiger partial charge in [0.25, 0.3) is 6.71 Å². The van der Waals surface area contributed by atoms with Gasteiger partial charge in [-0.2, -0.15) is 0 Å². The van der Waals surface area contributed by atoms with Gasteiger partial charge >= 0.3 is 0 Å². The highest BCUT2D eigenvalue weighted by Gasteiger charge is 2.45. The molecule has 2 aliphatic heterocycles. The molecule has 6 heterocycles. The highest BCUT2D eigenvalue weighted by atomic mass is 15.2. The van der Waals surface area contributed by atoms with Crippen molar-refractivity contribution in [2.24, 2.45) is 0 Å². The number of rotatable bonds is 7. The van der Waals surface area contributed by atoms with E-state index in [4.69, 9.17) is 5.48 Å². The van der Waals surface area contributed by atoms with E-state index in [9.17, 15) is 23.3 Å². The molecule has 2 aliphatic rings. The van der Waals surface area contributed by atoms with Crippen LogP contribution in [0.3, 0.4) is 0 Å². The van der Waals surface area contributed by atoms with E-state index >= 15 is 0 Å². The first kappa shape index (κ1) is 39.9. The third kappa shape index (κ3) is 8.44. The van der Waals surface area contributed by atoms with Crippen LogP contribution in [0.25, 0.3) is 121 Å². The Kier molecular flexibility index (Phi) is 8.54. The van der Waals surface area contributed by atoms with Gasteiger partial charge in [0.15, 0.2) is 0 Å². The van der Waals surface area contributed by atoms with E-state index in [-0.39, 0.29) is 66.6 Å². The number of aromatic nitrogens is 4. The molecule has 99 heavy (non-hydrogen) atoms. The summed E-state index contributed by atoms with van der Waals surface area (Å²) in [5, 5.41) is 1.59. The van der Waals surface area contributed by atoms with Gasteiger partial charge in [-0.25, -0.2) is 0 Å². The minimum absolute atomic E-state index is 0.0169. The zero-order chi connectivity index (χ0) is 84.4. The molecule has 0 saturated carbocycles. The topological polar surface area (TPSA) is 26.2 Å². The van der Waals surface area contributed by atoms with Crippen molar-refractivity contribution in [3.8, 4) is 33.9 Å². The quantitative estimate of drug-likeness (QED) is 0.149. The van der Waals surface area contributed by atoms with Gasteiger partial charge in [-0.3, -0.25) is 0 Å². The van der Waals surface area contributed by atoms with Gasteiger partial charge in [-0.1, -0.05) is 229 Å². The standard InChI is InChI=1S/C92H69BN6/c1-91(2,3)60-51-58(52-61(55-60)92(4,5)6)59-53-86-90-87(54-59)99(83-46-26-44-81-89(83)71-36-18-24-42-79(71)95(81)63-29-11-8-12-30-63)85-57-65(97-76-39-21-15-33-68(76)69-34-16-22-40-77(69)97)48-50-73(85)93(90)72-49-47-64(96-74-37-19-13-31-66(74)67-32-14-20-38-75(67)96)56-84(72)98(86)82-45-25-43-80-88(82)70-35-17-23-41-78(70)94(80)62-27-9-7-10-28-62/h7-57H,1-6H3/i13D,14D,15D,16D,19D,20D,21D,22D,31D,32D,33D,34D,37D,38D,39D,40D,47D,49D,50D,56D,57D. The predicted molar refractivity (Wildman–Crippen MR) is 421 cm³/mol. The third-order valence-electron chi connectivity index (χ3n) is 20.0. The summed E-state index contributed by atoms with van der Waals surface area (Å²) in [5.41, 5.74) is 6.41. The van der Waals surface area contributed by atoms with E-state index in [1.807, 2.05) is 168 Å². The summed E-state index contributed by atoms with van der Waals surface area (Å²) >= 11 is 0. The molecule has 0 bridgehead atoms. The Balaban J connectivity index is 1.04. The van der Waals surface area contributed by atoms with Crippen LogP contribution in [0.15, 0.2) is 309 Å². The Morgan fingerprint density at radius 2 is 0.667 bits per heavy atom. The average Bonchev–Trinajstić information content (AvgIpc) is 0.963. The highest BCUT2D eigenvalue weighted by Crippen LogP contribution is 2.53. The predicted octanol–water partition coefficient (Wildman–Crippen LogP) is 22.4.